The van der Waals surface area contributed by atoms with Gasteiger partial charge in [0.25, 0.3) is 0 Å². The lowest BCUT2D eigenvalue weighted by atomic mass is 9.77. The molecular weight excluding hydrogens is 304 g/mol. The van der Waals surface area contributed by atoms with Gasteiger partial charge in [0.05, 0.1) is 19.1 Å². The number of hydrogen-bond donors (Lipinski definition) is 1. The van der Waals surface area contributed by atoms with E-state index in [0.717, 1.165) is 24.1 Å². The van der Waals surface area contributed by atoms with Crippen LogP contribution in [0.25, 0.3) is 10.9 Å². The average molecular weight is 326 g/mol. The highest BCUT2D eigenvalue weighted by atomic mass is 16.5. The molecule has 1 saturated heterocycles. The predicted octanol–water partition coefficient (Wildman–Crippen LogP) is 2.81. The average Bonchev–Trinajstić information content (AvgIpc) is 3.00. The molecule has 2 aromatic rings. The number of H-pyrrole nitrogens is 1. The monoisotopic (exact) mass is 326 g/mol. The van der Waals surface area contributed by atoms with Gasteiger partial charge in [0.15, 0.2) is 0 Å². The van der Waals surface area contributed by atoms with Gasteiger partial charge in [0.2, 0.25) is 5.91 Å². The summed E-state index contributed by atoms with van der Waals surface area (Å²) in [6, 6.07) is 7.94. The molecule has 24 heavy (non-hydrogen) atoms. The third kappa shape index (κ3) is 2.07. The summed E-state index contributed by atoms with van der Waals surface area (Å²) in [5.41, 5.74) is 3.32. The Bertz CT molecular complexity index is 810. The van der Waals surface area contributed by atoms with Crippen LogP contribution in [0.1, 0.15) is 37.1 Å². The van der Waals surface area contributed by atoms with Gasteiger partial charge >= 0.3 is 5.97 Å². The van der Waals surface area contributed by atoms with Crippen molar-refractivity contribution < 1.29 is 14.3 Å². The van der Waals surface area contributed by atoms with E-state index in [4.69, 9.17) is 4.74 Å². The number of amides is 1. The number of esters is 1. The van der Waals surface area contributed by atoms with Gasteiger partial charge in [-0.15, -0.1) is 0 Å². The minimum Gasteiger partial charge on any atom is -0.469 e. The van der Waals surface area contributed by atoms with Gasteiger partial charge in [-0.3, -0.25) is 9.59 Å². The molecule has 0 spiro atoms. The van der Waals surface area contributed by atoms with E-state index in [-0.39, 0.29) is 29.8 Å². The van der Waals surface area contributed by atoms with Gasteiger partial charge in [0, 0.05) is 29.1 Å². The van der Waals surface area contributed by atoms with Crippen LogP contribution in [0.2, 0.25) is 0 Å². The summed E-state index contributed by atoms with van der Waals surface area (Å²) in [6.07, 6.45) is 2.15. The fourth-order valence-electron chi connectivity index (χ4n) is 4.42. The molecule has 0 bridgehead atoms. The van der Waals surface area contributed by atoms with Crippen molar-refractivity contribution >= 4 is 22.8 Å². The topological polar surface area (TPSA) is 62.4 Å². The van der Waals surface area contributed by atoms with Crippen molar-refractivity contribution in [3.05, 3.63) is 35.5 Å². The largest absolute Gasteiger partial charge is 0.469 e. The number of benzene rings is 1. The molecule has 0 aliphatic carbocycles. The Morgan fingerprint density at radius 3 is 2.92 bits per heavy atom. The molecule has 0 radical (unpaired) electrons. The number of piperidine rings is 1. The summed E-state index contributed by atoms with van der Waals surface area (Å²) in [6.45, 7) is 2.68. The summed E-state index contributed by atoms with van der Waals surface area (Å²) in [5.74, 6) is -0.435. The van der Waals surface area contributed by atoms with Crippen molar-refractivity contribution in [3.63, 3.8) is 0 Å². The van der Waals surface area contributed by atoms with E-state index in [2.05, 4.69) is 11.1 Å². The number of rotatable bonds is 2. The van der Waals surface area contributed by atoms with E-state index >= 15 is 0 Å². The quantitative estimate of drug-likeness (QED) is 0.863. The van der Waals surface area contributed by atoms with Crippen LogP contribution in [-0.4, -0.2) is 35.4 Å². The molecule has 2 aliphatic rings. The van der Waals surface area contributed by atoms with Gasteiger partial charge in [-0.1, -0.05) is 25.1 Å². The Morgan fingerprint density at radius 2 is 2.17 bits per heavy atom. The number of carbonyl (C=O) groups is 2. The number of nitrogens with zero attached hydrogens (tertiary/aromatic N) is 1. The predicted molar refractivity (Wildman–Crippen MR) is 90.4 cm³/mol. The SMILES string of the molecule is CC[C@@H]1C[C@H](C(=O)OC)[C@H]2c3[nH]c4ccccc4c3CCN2C1=O. The molecule has 0 unspecified atom stereocenters. The van der Waals surface area contributed by atoms with E-state index in [1.54, 1.807) is 0 Å². The van der Waals surface area contributed by atoms with E-state index in [1.807, 2.05) is 30.0 Å². The zero-order valence-corrected chi connectivity index (χ0v) is 14.0. The van der Waals surface area contributed by atoms with Gasteiger partial charge in [-0.25, -0.2) is 0 Å². The summed E-state index contributed by atoms with van der Waals surface area (Å²) >= 11 is 0. The Labute approximate surface area is 141 Å². The standard InChI is InChI=1S/C19H22N2O3/c1-3-11-10-14(19(23)24-2)17-16-13(8-9-21(17)18(11)22)12-6-4-5-7-15(12)20-16/h4-7,11,14,17,20H,3,8-10H2,1-2H3/t11-,14+,17+/m1/s1. The fraction of sp³-hybridized carbons (Fsp3) is 0.474. The van der Waals surface area contributed by atoms with Crippen molar-refractivity contribution in [1.29, 1.82) is 0 Å². The summed E-state index contributed by atoms with van der Waals surface area (Å²) < 4.78 is 5.07. The smallest absolute Gasteiger partial charge is 0.311 e. The summed E-state index contributed by atoms with van der Waals surface area (Å²) in [5, 5.41) is 1.20. The first-order chi connectivity index (χ1) is 11.7. The minimum atomic E-state index is -0.301. The number of aromatic nitrogens is 1. The highest BCUT2D eigenvalue weighted by Crippen LogP contribution is 2.45. The number of para-hydroxylation sites is 1. The molecule has 1 N–H and O–H groups in total. The zero-order chi connectivity index (χ0) is 16.8. The summed E-state index contributed by atoms with van der Waals surface area (Å²) in [7, 11) is 1.43. The number of ether oxygens (including phenoxy) is 1. The van der Waals surface area contributed by atoms with Crippen LogP contribution in [0, 0.1) is 11.8 Å². The van der Waals surface area contributed by atoms with E-state index in [0.29, 0.717) is 13.0 Å². The summed E-state index contributed by atoms with van der Waals surface area (Å²) in [4.78, 5) is 30.6. The maximum Gasteiger partial charge on any atom is 0.311 e. The van der Waals surface area contributed by atoms with Crippen LogP contribution in [0.5, 0.6) is 0 Å². The van der Waals surface area contributed by atoms with Crippen LogP contribution in [-0.2, 0) is 20.7 Å². The van der Waals surface area contributed by atoms with E-state index < -0.39 is 0 Å². The second-order valence-electron chi connectivity index (χ2n) is 6.76. The zero-order valence-electron chi connectivity index (χ0n) is 14.0. The Hall–Kier alpha value is -2.30. The van der Waals surface area contributed by atoms with Gasteiger partial charge < -0.3 is 14.6 Å². The minimum absolute atomic E-state index is 0.0868. The van der Waals surface area contributed by atoms with Crippen molar-refractivity contribution in [1.82, 2.24) is 9.88 Å². The van der Waals surface area contributed by atoms with Crippen LogP contribution < -0.4 is 0 Å². The normalized spacial score (nSPS) is 26.2. The van der Waals surface area contributed by atoms with Gasteiger partial charge in [-0.2, -0.15) is 0 Å². The number of nitrogens with one attached hydrogen (secondary N) is 1. The van der Waals surface area contributed by atoms with Crippen LogP contribution in [0.15, 0.2) is 24.3 Å². The first-order valence-corrected chi connectivity index (χ1v) is 8.63. The van der Waals surface area contributed by atoms with Crippen LogP contribution in [0.4, 0.5) is 0 Å². The van der Waals surface area contributed by atoms with Crippen molar-refractivity contribution in [2.24, 2.45) is 11.8 Å². The van der Waals surface area contributed by atoms with Crippen molar-refractivity contribution in [2.75, 3.05) is 13.7 Å². The molecule has 3 atom stereocenters. The van der Waals surface area contributed by atoms with Crippen LogP contribution in [0.3, 0.4) is 0 Å². The molecule has 4 rings (SSSR count). The van der Waals surface area contributed by atoms with Crippen LogP contribution >= 0.6 is 0 Å². The third-order valence-corrected chi connectivity index (χ3v) is 5.63. The molecular formula is C19H22N2O3. The van der Waals surface area contributed by atoms with Gasteiger partial charge in [-0.05, 0) is 30.9 Å². The van der Waals surface area contributed by atoms with E-state index in [9.17, 15) is 9.59 Å². The second-order valence-corrected chi connectivity index (χ2v) is 6.76. The maximum absolute atomic E-state index is 12.8. The second kappa shape index (κ2) is 5.65. The molecule has 126 valence electrons. The van der Waals surface area contributed by atoms with Crippen molar-refractivity contribution in [3.8, 4) is 0 Å². The first kappa shape index (κ1) is 15.2. The fourth-order valence-corrected chi connectivity index (χ4v) is 4.42. The number of hydrogen-bond acceptors (Lipinski definition) is 3. The third-order valence-electron chi connectivity index (χ3n) is 5.63. The molecule has 1 fully saturated rings. The number of fused-ring (bicyclic) bond motifs is 5. The maximum atomic E-state index is 12.8. The highest BCUT2D eigenvalue weighted by molar-refractivity contribution is 5.88. The molecule has 2 aliphatic heterocycles. The number of methoxy groups -OCH3 is 1. The molecule has 1 aromatic heterocycles. The lowest BCUT2D eigenvalue weighted by Gasteiger charge is -2.45. The highest BCUT2D eigenvalue weighted by Gasteiger charge is 2.48. The molecule has 1 amide bonds. The molecule has 0 saturated carbocycles. The Kier molecular flexibility index (Phi) is 3.59. The lowest BCUT2D eigenvalue weighted by Crippen LogP contribution is -2.52. The van der Waals surface area contributed by atoms with Crippen molar-refractivity contribution in [2.45, 2.75) is 32.2 Å². The molecule has 5 nitrogen and oxygen atoms in total. The molecule has 3 heterocycles. The molecule has 5 heteroatoms. The number of aromatic amines is 1. The Balaban J connectivity index is 1.85. The Morgan fingerprint density at radius 1 is 1.38 bits per heavy atom. The number of carbonyl (C=O) groups excluding carboxylic acids is 2. The van der Waals surface area contributed by atoms with Gasteiger partial charge in [0.1, 0.15) is 0 Å². The lowest BCUT2D eigenvalue weighted by molar-refractivity contribution is -0.159. The first-order valence-electron chi connectivity index (χ1n) is 8.63. The molecule has 1 aromatic carbocycles. The van der Waals surface area contributed by atoms with E-state index in [1.165, 1.54) is 18.1 Å².